The van der Waals surface area contributed by atoms with Crippen molar-refractivity contribution in [3.8, 4) is 0 Å². The SMILES string of the molecule is CCOC(=O)C(=O)N[C@H]1COC2C1OC[C@@H]2N. The van der Waals surface area contributed by atoms with E-state index >= 15 is 0 Å². The third-order valence-corrected chi connectivity index (χ3v) is 2.87. The number of rotatable bonds is 2. The first-order valence-corrected chi connectivity index (χ1v) is 5.60. The molecule has 0 spiro atoms. The van der Waals surface area contributed by atoms with Gasteiger partial charge in [-0.3, -0.25) is 4.79 Å². The Morgan fingerprint density at radius 3 is 2.76 bits per heavy atom. The Hall–Kier alpha value is -1.18. The molecule has 2 aliphatic rings. The summed E-state index contributed by atoms with van der Waals surface area (Å²) in [6, 6.07) is -0.519. The van der Waals surface area contributed by atoms with Gasteiger partial charge in [0.2, 0.25) is 0 Å². The van der Waals surface area contributed by atoms with Gasteiger partial charge in [-0.25, -0.2) is 4.79 Å². The summed E-state index contributed by atoms with van der Waals surface area (Å²) in [5, 5.41) is 2.54. The summed E-state index contributed by atoms with van der Waals surface area (Å²) < 4.78 is 15.4. The third kappa shape index (κ3) is 2.41. The summed E-state index contributed by atoms with van der Waals surface area (Å²) in [6.07, 6.45) is -0.481. The molecule has 2 aliphatic heterocycles. The fraction of sp³-hybridized carbons (Fsp3) is 0.800. The fourth-order valence-electron chi connectivity index (χ4n) is 2.08. The molecule has 0 aromatic heterocycles. The predicted molar refractivity (Wildman–Crippen MR) is 56.0 cm³/mol. The van der Waals surface area contributed by atoms with Crippen LogP contribution in [0.1, 0.15) is 6.92 Å². The highest BCUT2D eigenvalue weighted by atomic mass is 16.6. The molecule has 3 N–H and O–H groups in total. The van der Waals surface area contributed by atoms with Gasteiger partial charge in [-0.15, -0.1) is 0 Å². The van der Waals surface area contributed by atoms with Gasteiger partial charge in [0.25, 0.3) is 0 Å². The first kappa shape index (κ1) is 12.3. The Balaban J connectivity index is 1.88. The molecule has 0 aromatic rings. The van der Waals surface area contributed by atoms with Crippen molar-refractivity contribution in [1.29, 1.82) is 0 Å². The van der Waals surface area contributed by atoms with Crippen LogP contribution < -0.4 is 11.1 Å². The van der Waals surface area contributed by atoms with Crippen LogP contribution in [0.3, 0.4) is 0 Å². The van der Waals surface area contributed by atoms with Gasteiger partial charge in [0.1, 0.15) is 12.2 Å². The molecule has 2 fully saturated rings. The van der Waals surface area contributed by atoms with E-state index in [2.05, 4.69) is 10.1 Å². The normalized spacial score (nSPS) is 35.4. The second-order valence-electron chi connectivity index (χ2n) is 4.06. The molecule has 0 radical (unpaired) electrons. The van der Waals surface area contributed by atoms with Crippen LogP contribution in [0, 0.1) is 0 Å². The van der Waals surface area contributed by atoms with Gasteiger partial charge in [0.15, 0.2) is 0 Å². The topological polar surface area (TPSA) is 99.9 Å². The van der Waals surface area contributed by atoms with Crippen LogP contribution >= 0.6 is 0 Å². The van der Waals surface area contributed by atoms with Crippen molar-refractivity contribution in [2.75, 3.05) is 19.8 Å². The minimum absolute atomic E-state index is 0.168. The smallest absolute Gasteiger partial charge is 0.396 e. The molecule has 0 bridgehead atoms. The van der Waals surface area contributed by atoms with Gasteiger partial charge in [-0.2, -0.15) is 0 Å². The predicted octanol–water partition coefficient (Wildman–Crippen LogP) is -1.84. The molecule has 17 heavy (non-hydrogen) atoms. The number of carbonyl (C=O) groups is 2. The summed E-state index contributed by atoms with van der Waals surface area (Å²) in [5.41, 5.74) is 5.77. The van der Waals surface area contributed by atoms with E-state index in [1.54, 1.807) is 6.92 Å². The van der Waals surface area contributed by atoms with Crippen molar-refractivity contribution >= 4 is 11.9 Å². The Kier molecular flexibility index (Phi) is 3.60. The first-order chi connectivity index (χ1) is 8.13. The molecule has 2 unspecified atom stereocenters. The zero-order chi connectivity index (χ0) is 12.4. The largest absolute Gasteiger partial charge is 0.459 e. The molecule has 0 aliphatic carbocycles. The minimum atomic E-state index is -0.891. The molecule has 1 amide bonds. The number of fused-ring (bicyclic) bond motifs is 1. The van der Waals surface area contributed by atoms with Gasteiger partial charge in [-0.05, 0) is 6.92 Å². The standard InChI is InChI=1S/C10H16N2O5/c1-2-15-10(14)9(13)12-6-4-17-7-5(11)3-16-8(6)7/h5-8H,2-4,11H2,1H3,(H,12,13)/t5-,6-,7?,8?/m0/s1. The summed E-state index contributed by atoms with van der Waals surface area (Å²) in [5.74, 6) is -1.66. The van der Waals surface area contributed by atoms with Gasteiger partial charge in [-0.1, -0.05) is 0 Å². The summed E-state index contributed by atoms with van der Waals surface area (Å²) in [4.78, 5) is 22.6. The molecular formula is C10H16N2O5. The average Bonchev–Trinajstić information content (AvgIpc) is 2.84. The number of nitrogens with one attached hydrogen (secondary N) is 1. The van der Waals surface area contributed by atoms with E-state index in [1.165, 1.54) is 0 Å². The maximum Gasteiger partial charge on any atom is 0.396 e. The van der Waals surface area contributed by atoms with Crippen LogP contribution in [0.25, 0.3) is 0 Å². The molecule has 0 saturated carbocycles. The highest BCUT2D eigenvalue weighted by Crippen LogP contribution is 2.25. The van der Waals surface area contributed by atoms with Crippen LogP contribution in [0.5, 0.6) is 0 Å². The number of ether oxygens (including phenoxy) is 3. The Morgan fingerprint density at radius 1 is 1.35 bits per heavy atom. The van der Waals surface area contributed by atoms with Crippen LogP contribution in [-0.4, -0.2) is 56.0 Å². The zero-order valence-electron chi connectivity index (χ0n) is 9.55. The van der Waals surface area contributed by atoms with Crippen molar-refractivity contribution in [3.63, 3.8) is 0 Å². The summed E-state index contributed by atoms with van der Waals surface area (Å²) in [7, 11) is 0. The van der Waals surface area contributed by atoms with Crippen molar-refractivity contribution in [1.82, 2.24) is 5.32 Å². The van der Waals surface area contributed by atoms with Gasteiger partial charge >= 0.3 is 11.9 Å². The number of hydrogen-bond donors (Lipinski definition) is 2. The molecule has 96 valence electrons. The molecule has 2 rings (SSSR count). The number of nitrogens with two attached hydrogens (primary N) is 1. The van der Waals surface area contributed by atoms with E-state index in [9.17, 15) is 9.59 Å². The monoisotopic (exact) mass is 244 g/mol. The quantitative estimate of drug-likeness (QED) is 0.437. The lowest BCUT2D eigenvalue weighted by Crippen LogP contribution is -2.47. The molecule has 2 heterocycles. The molecule has 7 heteroatoms. The summed E-state index contributed by atoms with van der Waals surface area (Å²) >= 11 is 0. The molecule has 0 aromatic carbocycles. The van der Waals surface area contributed by atoms with Crippen molar-refractivity contribution in [2.45, 2.75) is 31.2 Å². The van der Waals surface area contributed by atoms with E-state index in [1.807, 2.05) is 0 Å². The van der Waals surface area contributed by atoms with Crippen LogP contribution in [0.4, 0.5) is 0 Å². The van der Waals surface area contributed by atoms with Gasteiger partial charge in [0, 0.05) is 0 Å². The van der Waals surface area contributed by atoms with Crippen molar-refractivity contribution < 1.29 is 23.8 Å². The number of hydrogen-bond acceptors (Lipinski definition) is 6. The average molecular weight is 244 g/mol. The first-order valence-electron chi connectivity index (χ1n) is 5.60. The van der Waals surface area contributed by atoms with E-state index < -0.39 is 11.9 Å². The molecular weight excluding hydrogens is 228 g/mol. The van der Waals surface area contributed by atoms with Crippen molar-refractivity contribution in [3.05, 3.63) is 0 Å². The van der Waals surface area contributed by atoms with E-state index in [4.69, 9.17) is 15.2 Å². The van der Waals surface area contributed by atoms with E-state index in [0.717, 1.165) is 0 Å². The zero-order valence-corrected chi connectivity index (χ0v) is 9.55. The maximum atomic E-state index is 11.4. The Morgan fingerprint density at radius 2 is 2.06 bits per heavy atom. The molecule has 4 atom stereocenters. The fourth-order valence-corrected chi connectivity index (χ4v) is 2.08. The number of esters is 1. The van der Waals surface area contributed by atoms with Crippen molar-refractivity contribution in [2.24, 2.45) is 5.73 Å². The minimum Gasteiger partial charge on any atom is -0.459 e. The Bertz CT molecular complexity index is 322. The maximum absolute atomic E-state index is 11.4. The van der Waals surface area contributed by atoms with Crippen LogP contribution in [0.15, 0.2) is 0 Å². The second kappa shape index (κ2) is 4.99. The third-order valence-electron chi connectivity index (χ3n) is 2.87. The van der Waals surface area contributed by atoms with Crippen LogP contribution in [-0.2, 0) is 23.8 Å². The van der Waals surface area contributed by atoms with Gasteiger partial charge < -0.3 is 25.3 Å². The second-order valence-corrected chi connectivity index (χ2v) is 4.06. The van der Waals surface area contributed by atoms with E-state index in [-0.39, 0.29) is 30.9 Å². The molecule has 7 nitrogen and oxygen atoms in total. The lowest BCUT2D eigenvalue weighted by atomic mass is 10.1. The highest BCUT2D eigenvalue weighted by molar-refractivity contribution is 6.32. The van der Waals surface area contributed by atoms with Gasteiger partial charge in [0.05, 0.1) is 31.9 Å². The lowest BCUT2D eigenvalue weighted by molar-refractivity contribution is -0.155. The Labute approximate surface area is 98.6 Å². The number of carbonyl (C=O) groups excluding carboxylic acids is 2. The number of amides is 1. The lowest BCUT2D eigenvalue weighted by Gasteiger charge is -2.16. The molecule has 2 saturated heterocycles. The highest BCUT2D eigenvalue weighted by Gasteiger charge is 2.47. The van der Waals surface area contributed by atoms with Crippen LogP contribution in [0.2, 0.25) is 0 Å². The van der Waals surface area contributed by atoms with E-state index in [0.29, 0.717) is 13.2 Å². The summed E-state index contributed by atoms with van der Waals surface area (Å²) in [6.45, 7) is 2.51.